The smallest absolute Gasteiger partial charge is 0.338 e. The molecule has 3 atom stereocenters. The first kappa shape index (κ1) is 23.7. The Balaban J connectivity index is 1.10. The maximum atomic E-state index is 13.5. The van der Waals surface area contributed by atoms with Crippen molar-refractivity contribution in [2.24, 2.45) is 21.2 Å². The van der Waals surface area contributed by atoms with Gasteiger partial charge in [0.1, 0.15) is 12.9 Å². The van der Waals surface area contributed by atoms with E-state index in [4.69, 9.17) is 15.3 Å². The van der Waals surface area contributed by atoms with E-state index in [1.54, 1.807) is 6.20 Å². The number of fused-ring (bicyclic) bond motifs is 3. The van der Waals surface area contributed by atoms with E-state index in [0.29, 0.717) is 37.7 Å². The molecule has 11 heteroatoms. The van der Waals surface area contributed by atoms with Crippen molar-refractivity contribution in [2.75, 3.05) is 32.8 Å². The van der Waals surface area contributed by atoms with Crippen molar-refractivity contribution in [3.8, 4) is 0 Å². The zero-order valence-corrected chi connectivity index (χ0v) is 20.7. The maximum absolute atomic E-state index is 13.5. The quantitative estimate of drug-likeness (QED) is 0.169. The highest BCUT2D eigenvalue weighted by molar-refractivity contribution is 5.94. The van der Waals surface area contributed by atoms with Gasteiger partial charge in [-0.1, -0.05) is 11.3 Å². The number of hydrogen-bond acceptors (Lipinski definition) is 8. The number of cyclic esters (lactones) is 1. The number of carbonyl (C=O) groups excluding carboxylic acids is 2. The SMILES string of the molecule is Cc1c(C2CN3CCN(C(=O)C4CCc5cc(N=CN=NN)ncc54)CC3CO2)ccc2c1COC2=O. The fourth-order valence-electron chi connectivity index (χ4n) is 6.03. The van der Waals surface area contributed by atoms with Crippen molar-refractivity contribution >= 4 is 24.0 Å². The van der Waals surface area contributed by atoms with Crippen molar-refractivity contribution in [1.82, 2.24) is 14.8 Å². The molecule has 0 radical (unpaired) electrons. The lowest BCUT2D eigenvalue weighted by molar-refractivity contribution is -0.141. The third kappa shape index (κ3) is 4.27. The van der Waals surface area contributed by atoms with Gasteiger partial charge >= 0.3 is 5.97 Å². The van der Waals surface area contributed by atoms with Crippen LogP contribution in [0.25, 0.3) is 0 Å². The summed E-state index contributed by atoms with van der Waals surface area (Å²) in [5.74, 6) is 5.25. The molecule has 2 N–H and O–H groups in total. The van der Waals surface area contributed by atoms with Crippen LogP contribution in [-0.2, 0) is 27.3 Å². The number of morpholine rings is 1. The van der Waals surface area contributed by atoms with Gasteiger partial charge in [-0.2, -0.15) is 0 Å². The lowest BCUT2D eigenvalue weighted by Crippen LogP contribution is -2.60. The Bertz CT molecular complexity index is 1310. The van der Waals surface area contributed by atoms with Crippen molar-refractivity contribution in [3.63, 3.8) is 0 Å². The van der Waals surface area contributed by atoms with Gasteiger partial charge in [-0.15, -0.1) is 5.11 Å². The fourth-order valence-corrected chi connectivity index (χ4v) is 6.03. The summed E-state index contributed by atoms with van der Waals surface area (Å²) in [7, 11) is 0. The second-order valence-electron chi connectivity index (χ2n) is 9.95. The second-order valence-corrected chi connectivity index (χ2v) is 9.95. The molecule has 11 nitrogen and oxygen atoms in total. The van der Waals surface area contributed by atoms with Gasteiger partial charge in [0, 0.05) is 37.9 Å². The lowest BCUT2D eigenvalue weighted by atomic mass is 9.93. The van der Waals surface area contributed by atoms with E-state index in [9.17, 15) is 9.59 Å². The number of esters is 1. The summed E-state index contributed by atoms with van der Waals surface area (Å²) in [5, 5.41) is 6.67. The first-order valence-corrected chi connectivity index (χ1v) is 12.6. The summed E-state index contributed by atoms with van der Waals surface area (Å²) in [6.07, 6.45) is 4.55. The molecule has 6 rings (SSSR count). The number of amides is 1. The Morgan fingerprint density at radius 2 is 2.14 bits per heavy atom. The van der Waals surface area contributed by atoms with Crippen LogP contribution in [0, 0.1) is 6.92 Å². The molecule has 1 aliphatic carbocycles. The van der Waals surface area contributed by atoms with E-state index in [-0.39, 0.29) is 29.9 Å². The number of piperazine rings is 1. The van der Waals surface area contributed by atoms with Gasteiger partial charge in [-0.25, -0.2) is 14.8 Å². The average Bonchev–Trinajstić information content (AvgIpc) is 3.52. The number of nitrogens with two attached hydrogens (primary N) is 1. The predicted octanol–water partition coefficient (Wildman–Crippen LogP) is 2.36. The number of benzene rings is 1. The largest absolute Gasteiger partial charge is 0.457 e. The third-order valence-electron chi connectivity index (χ3n) is 8.06. The lowest BCUT2D eigenvalue weighted by Gasteiger charge is -2.46. The van der Waals surface area contributed by atoms with Crippen molar-refractivity contribution in [1.29, 1.82) is 0 Å². The summed E-state index contributed by atoms with van der Waals surface area (Å²) in [4.78, 5) is 38.3. The summed E-state index contributed by atoms with van der Waals surface area (Å²) >= 11 is 0. The van der Waals surface area contributed by atoms with Crippen LogP contribution in [0.5, 0.6) is 0 Å². The minimum absolute atomic E-state index is 0.0598. The maximum Gasteiger partial charge on any atom is 0.338 e. The molecule has 3 aliphatic heterocycles. The number of aryl methyl sites for hydroxylation is 1. The van der Waals surface area contributed by atoms with Gasteiger partial charge in [0.05, 0.1) is 30.2 Å². The van der Waals surface area contributed by atoms with Crippen molar-refractivity contribution in [3.05, 3.63) is 57.8 Å². The molecule has 4 heterocycles. The van der Waals surface area contributed by atoms with Crippen LogP contribution in [0.1, 0.15) is 56.6 Å². The number of rotatable bonds is 4. The van der Waals surface area contributed by atoms with Crippen LogP contribution in [0.3, 0.4) is 0 Å². The zero-order valence-electron chi connectivity index (χ0n) is 20.7. The number of aromatic nitrogens is 1. The third-order valence-corrected chi connectivity index (χ3v) is 8.06. The minimum atomic E-state index is -0.250. The van der Waals surface area contributed by atoms with Gasteiger partial charge in [-0.05, 0) is 54.2 Å². The van der Waals surface area contributed by atoms with Crippen LogP contribution < -0.4 is 5.84 Å². The highest BCUT2D eigenvalue weighted by Gasteiger charge is 2.39. The summed E-state index contributed by atoms with van der Waals surface area (Å²) in [5.41, 5.74) is 5.90. The molecule has 2 saturated heterocycles. The molecule has 0 spiro atoms. The molecule has 2 aromatic rings. The number of ether oxygens (including phenoxy) is 2. The zero-order chi connectivity index (χ0) is 25.5. The van der Waals surface area contributed by atoms with Crippen LogP contribution in [0.4, 0.5) is 5.82 Å². The topological polar surface area (TPSA) is 135 Å². The van der Waals surface area contributed by atoms with Gasteiger partial charge in [0.15, 0.2) is 5.82 Å². The molecule has 192 valence electrons. The minimum Gasteiger partial charge on any atom is -0.457 e. The van der Waals surface area contributed by atoms with E-state index >= 15 is 0 Å². The normalized spacial score (nSPS) is 25.4. The van der Waals surface area contributed by atoms with Gasteiger partial charge < -0.3 is 20.2 Å². The summed E-state index contributed by atoms with van der Waals surface area (Å²) < 4.78 is 11.5. The number of aliphatic imine (C=N–C) groups is 1. The van der Waals surface area contributed by atoms with Crippen LogP contribution in [0.2, 0.25) is 0 Å². The van der Waals surface area contributed by atoms with Gasteiger partial charge in [0.25, 0.3) is 0 Å². The van der Waals surface area contributed by atoms with Crippen molar-refractivity contribution in [2.45, 2.75) is 44.4 Å². The molecule has 1 aromatic carbocycles. The fraction of sp³-hybridized carbons (Fsp3) is 0.462. The molecule has 2 fully saturated rings. The van der Waals surface area contributed by atoms with Crippen molar-refractivity contribution < 1.29 is 19.1 Å². The molecule has 0 bridgehead atoms. The molecule has 37 heavy (non-hydrogen) atoms. The summed E-state index contributed by atoms with van der Waals surface area (Å²) in [6.45, 7) is 5.86. The Hall–Kier alpha value is -3.70. The summed E-state index contributed by atoms with van der Waals surface area (Å²) in [6, 6.07) is 5.92. The van der Waals surface area contributed by atoms with Gasteiger partial charge in [-0.3, -0.25) is 9.69 Å². The Morgan fingerprint density at radius 3 is 3.00 bits per heavy atom. The first-order valence-electron chi connectivity index (χ1n) is 12.6. The van der Waals surface area contributed by atoms with E-state index in [0.717, 1.165) is 53.7 Å². The van der Waals surface area contributed by atoms with Crippen LogP contribution in [-0.4, -0.2) is 71.8 Å². The van der Waals surface area contributed by atoms with E-state index in [1.165, 1.54) is 6.34 Å². The highest BCUT2D eigenvalue weighted by Crippen LogP contribution is 2.37. The Morgan fingerprint density at radius 1 is 1.24 bits per heavy atom. The Kier molecular flexibility index (Phi) is 6.17. The number of pyridine rings is 1. The van der Waals surface area contributed by atoms with E-state index in [1.807, 2.05) is 30.0 Å². The standard InChI is InChI=1S/C26H29N7O4/c1-15-18(4-5-20-22(15)13-37-26(20)35)23-11-32-6-7-33(10-17(32)12-36-23)25(34)19-3-2-16-8-24(28-9-21(16)19)29-14-30-31-27/h4-5,8-9,14,17,19,23H,2-3,6-7,10-13H2,1H3,(H2,27,28,29,30). The molecule has 1 aromatic heterocycles. The predicted molar refractivity (Wildman–Crippen MR) is 133 cm³/mol. The number of nitrogens with zero attached hydrogens (tertiary/aromatic N) is 6. The average molecular weight is 504 g/mol. The molecule has 3 unspecified atom stereocenters. The second kappa shape index (κ2) is 9.64. The molecular weight excluding hydrogens is 474 g/mol. The first-order chi connectivity index (χ1) is 18.0. The van der Waals surface area contributed by atoms with Crippen LogP contribution >= 0.6 is 0 Å². The van der Waals surface area contributed by atoms with E-state index < -0.39 is 0 Å². The monoisotopic (exact) mass is 503 g/mol. The molecule has 4 aliphatic rings. The molecule has 1 amide bonds. The number of hydrogen-bond donors (Lipinski definition) is 1. The molecular formula is C26H29N7O4. The van der Waals surface area contributed by atoms with E-state index in [2.05, 4.69) is 25.2 Å². The highest BCUT2D eigenvalue weighted by atomic mass is 16.5. The Labute approximate surface area is 214 Å². The van der Waals surface area contributed by atoms with Gasteiger partial charge in [0.2, 0.25) is 5.91 Å². The molecule has 0 saturated carbocycles. The van der Waals surface area contributed by atoms with Crippen LogP contribution in [0.15, 0.2) is 39.7 Å². The number of carbonyl (C=O) groups is 2.